The zero-order valence-corrected chi connectivity index (χ0v) is 14.5. The maximum Gasteiger partial charge on any atom is 0.333 e. The van der Waals surface area contributed by atoms with E-state index in [9.17, 15) is 32.4 Å². The molecule has 26 heavy (non-hydrogen) atoms. The normalized spacial score (nSPS) is 21.7. The number of nitrogens with zero attached hydrogens (tertiary/aromatic N) is 2. The first-order chi connectivity index (χ1) is 12.0. The van der Waals surface area contributed by atoms with E-state index < -0.39 is 57.4 Å². The second-order valence-electron chi connectivity index (χ2n) is 5.82. The van der Waals surface area contributed by atoms with E-state index >= 15 is 0 Å². The third kappa shape index (κ3) is 4.14. The first kappa shape index (κ1) is 19.7. The molecule has 0 aromatic heterocycles. The van der Waals surface area contributed by atoms with Crippen molar-refractivity contribution in [3.05, 3.63) is 12.2 Å². The van der Waals surface area contributed by atoms with Crippen molar-refractivity contribution in [3.63, 3.8) is 0 Å². The molecule has 2 aliphatic heterocycles. The Morgan fingerprint density at radius 2 is 1.85 bits per heavy atom. The molecule has 0 aromatic carbocycles. The Balaban J connectivity index is 1.82. The van der Waals surface area contributed by atoms with Gasteiger partial charge < -0.3 is 4.84 Å². The van der Waals surface area contributed by atoms with Crippen LogP contribution in [-0.2, 0) is 38.9 Å². The van der Waals surface area contributed by atoms with Crippen LogP contribution in [0.1, 0.15) is 32.6 Å². The highest BCUT2D eigenvalue weighted by Gasteiger charge is 2.48. The molecule has 142 valence electrons. The summed E-state index contributed by atoms with van der Waals surface area (Å²) in [5.74, 6) is -4.26. The van der Waals surface area contributed by atoms with Gasteiger partial charge in [0.15, 0.2) is 5.25 Å². The molecule has 0 aromatic rings. The predicted molar refractivity (Wildman–Crippen MR) is 82.2 cm³/mol. The Labute approximate surface area is 148 Å². The third-order valence-electron chi connectivity index (χ3n) is 3.90. The van der Waals surface area contributed by atoms with Gasteiger partial charge in [-0.25, -0.2) is 4.79 Å². The summed E-state index contributed by atoms with van der Waals surface area (Å²) in [6.07, 6.45) is 1.71. The largest absolute Gasteiger partial charge is 0.333 e. The van der Waals surface area contributed by atoms with Crippen LogP contribution in [0.2, 0.25) is 0 Å². The van der Waals surface area contributed by atoms with Crippen LogP contribution >= 0.6 is 0 Å². The molecule has 1 fully saturated rings. The molecule has 12 heteroatoms. The topological polar surface area (TPSA) is 155 Å². The third-order valence-corrected chi connectivity index (χ3v) is 4.99. The van der Waals surface area contributed by atoms with Crippen LogP contribution in [0.5, 0.6) is 0 Å². The Hall–Kier alpha value is -2.60. The van der Waals surface area contributed by atoms with Crippen LogP contribution in [0.15, 0.2) is 12.2 Å². The van der Waals surface area contributed by atoms with Crippen molar-refractivity contribution in [1.29, 1.82) is 0 Å². The minimum Gasteiger partial charge on any atom is -0.330 e. The van der Waals surface area contributed by atoms with Crippen molar-refractivity contribution in [2.45, 2.75) is 43.9 Å². The highest BCUT2D eigenvalue weighted by atomic mass is 32.2. The van der Waals surface area contributed by atoms with Gasteiger partial charge in [0, 0.05) is 24.6 Å². The summed E-state index contributed by atoms with van der Waals surface area (Å²) in [5.41, 5.74) is 0. The van der Waals surface area contributed by atoms with Crippen LogP contribution in [0.25, 0.3) is 0 Å². The van der Waals surface area contributed by atoms with Crippen molar-refractivity contribution in [1.82, 2.24) is 9.96 Å². The van der Waals surface area contributed by atoms with E-state index in [1.165, 1.54) is 0 Å². The molecular weight excluding hydrogens is 372 g/mol. The lowest BCUT2D eigenvalue weighted by atomic mass is 10.1. The standard InChI is InChI=1S/C14H16N2O9S/c1-8(15-10(17)5-6-11(15)18)3-2-4-13(20)25-16-12(19)7-9(14(16)21)26(22,23)24/h5-6,8-9H,2-4,7H2,1H3,(H,22,23,24). The molecule has 2 aliphatic rings. The molecule has 2 rings (SSSR count). The van der Waals surface area contributed by atoms with E-state index in [-0.39, 0.29) is 24.3 Å². The van der Waals surface area contributed by atoms with Gasteiger partial charge in [-0.2, -0.15) is 8.42 Å². The molecule has 2 heterocycles. The molecule has 2 atom stereocenters. The van der Waals surface area contributed by atoms with Gasteiger partial charge in [0.1, 0.15) is 0 Å². The van der Waals surface area contributed by atoms with Crippen molar-refractivity contribution < 1.29 is 41.8 Å². The van der Waals surface area contributed by atoms with Gasteiger partial charge in [-0.05, 0) is 19.8 Å². The molecule has 4 amide bonds. The second kappa shape index (κ2) is 7.33. The molecule has 11 nitrogen and oxygen atoms in total. The van der Waals surface area contributed by atoms with E-state index in [1.54, 1.807) is 6.92 Å². The number of carbonyl (C=O) groups excluding carboxylic acids is 5. The highest BCUT2D eigenvalue weighted by molar-refractivity contribution is 7.87. The molecule has 0 radical (unpaired) electrons. The molecule has 0 spiro atoms. The van der Waals surface area contributed by atoms with E-state index in [0.29, 0.717) is 0 Å². The number of hydrogen-bond donors (Lipinski definition) is 1. The van der Waals surface area contributed by atoms with Gasteiger partial charge >= 0.3 is 5.97 Å². The molecule has 1 saturated heterocycles. The van der Waals surface area contributed by atoms with Crippen LogP contribution < -0.4 is 0 Å². The van der Waals surface area contributed by atoms with Crippen molar-refractivity contribution >= 4 is 39.7 Å². The van der Waals surface area contributed by atoms with E-state index in [1.807, 2.05) is 0 Å². The smallest absolute Gasteiger partial charge is 0.330 e. The lowest BCUT2D eigenvalue weighted by Gasteiger charge is -2.22. The van der Waals surface area contributed by atoms with Crippen LogP contribution in [-0.4, -0.2) is 63.8 Å². The molecule has 1 N–H and O–H groups in total. The van der Waals surface area contributed by atoms with Crippen LogP contribution in [0.4, 0.5) is 0 Å². The number of carbonyl (C=O) groups is 5. The number of hydrogen-bond acceptors (Lipinski definition) is 8. The summed E-state index contributed by atoms with van der Waals surface area (Å²) >= 11 is 0. The summed E-state index contributed by atoms with van der Waals surface area (Å²) in [7, 11) is -4.78. The number of imide groups is 2. The van der Waals surface area contributed by atoms with Gasteiger partial charge in [-0.15, -0.1) is 5.06 Å². The number of rotatable bonds is 7. The summed E-state index contributed by atoms with van der Waals surface area (Å²) in [6, 6.07) is -0.461. The second-order valence-corrected chi connectivity index (χ2v) is 7.42. The van der Waals surface area contributed by atoms with Crippen molar-refractivity contribution in [3.8, 4) is 0 Å². The predicted octanol–water partition coefficient (Wildman–Crippen LogP) is -1.06. The van der Waals surface area contributed by atoms with Gasteiger partial charge in [0.2, 0.25) is 0 Å². The molecular formula is C14H16N2O9S. The molecule has 0 aliphatic carbocycles. The van der Waals surface area contributed by atoms with Crippen LogP contribution in [0, 0.1) is 0 Å². The average Bonchev–Trinajstić information content (AvgIpc) is 3.00. The quantitative estimate of drug-likeness (QED) is 0.424. The van der Waals surface area contributed by atoms with E-state index in [4.69, 9.17) is 4.55 Å². The average molecular weight is 388 g/mol. The zero-order chi connectivity index (χ0) is 19.6. The molecule has 0 saturated carbocycles. The first-order valence-corrected chi connectivity index (χ1v) is 9.12. The summed E-state index contributed by atoms with van der Waals surface area (Å²) in [4.78, 5) is 63.7. The van der Waals surface area contributed by atoms with Crippen molar-refractivity contribution in [2.75, 3.05) is 0 Å². The SMILES string of the molecule is CC(CCCC(=O)ON1C(=O)CC(S(=O)(=O)O)C1=O)N1C(=O)C=CC1=O. The Morgan fingerprint density at radius 3 is 2.35 bits per heavy atom. The van der Waals surface area contributed by atoms with Crippen molar-refractivity contribution in [2.24, 2.45) is 0 Å². The fraction of sp³-hybridized carbons (Fsp3) is 0.500. The van der Waals surface area contributed by atoms with Gasteiger partial charge in [-0.3, -0.25) is 28.6 Å². The van der Waals surface area contributed by atoms with Crippen LogP contribution in [0.3, 0.4) is 0 Å². The van der Waals surface area contributed by atoms with E-state index in [2.05, 4.69) is 4.84 Å². The lowest BCUT2D eigenvalue weighted by molar-refractivity contribution is -0.197. The summed E-state index contributed by atoms with van der Waals surface area (Å²) < 4.78 is 30.9. The first-order valence-electron chi connectivity index (χ1n) is 7.61. The summed E-state index contributed by atoms with van der Waals surface area (Å²) in [5, 5.41) is -1.95. The monoisotopic (exact) mass is 388 g/mol. The van der Waals surface area contributed by atoms with E-state index in [0.717, 1.165) is 17.1 Å². The Bertz CT molecular complexity index is 783. The maximum atomic E-state index is 11.7. The maximum absolute atomic E-state index is 11.7. The fourth-order valence-corrected chi connectivity index (χ4v) is 3.28. The Kier molecular flexibility index (Phi) is 5.56. The molecule has 0 bridgehead atoms. The molecule has 2 unspecified atom stereocenters. The minimum absolute atomic E-state index is 0.0294. The Morgan fingerprint density at radius 1 is 1.27 bits per heavy atom. The zero-order valence-electron chi connectivity index (χ0n) is 13.7. The van der Waals surface area contributed by atoms with Gasteiger partial charge in [0.05, 0.1) is 6.42 Å². The summed E-state index contributed by atoms with van der Waals surface area (Å²) in [6.45, 7) is 1.62. The van der Waals surface area contributed by atoms with Gasteiger partial charge in [0.25, 0.3) is 33.7 Å². The fourth-order valence-electron chi connectivity index (χ4n) is 2.58. The highest BCUT2D eigenvalue weighted by Crippen LogP contribution is 2.20. The minimum atomic E-state index is -4.78. The number of hydroxylamine groups is 2. The number of amides is 4. The lowest BCUT2D eigenvalue weighted by Crippen LogP contribution is -2.38. The van der Waals surface area contributed by atoms with Gasteiger partial charge in [-0.1, -0.05) is 0 Å².